The topological polar surface area (TPSA) is 78.8 Å². The molecule has 0 unspecified atom stereocenters. The Morgan fingerprint density at radius 2 is 1.81 bits per heavy atom. The van der Waals surface area contributed by atoms with Crippen molar-refractivity contribution in [2.45, 2.75) is 26.3 Å². The Bertz CT molecular complexity index is 983. The van der Waals surface area contributed by atoms with Crippen molar-refractivity contribution in [2.75, 3.05) is 11.0 Å². The van der Waals surface area contributed by atoms with E-state index in [1.807, 2.05) is 43.3 Å². The number of carbonyl (C=O) groups is 1. The minimum atomic E-state index is -3.43. The Kier molecular flexibility index (Phi) is 4.82. The van der Waals surface area contributed by atoms with Crippen LogP contribution in [0.2, 0.25) is 0 Å². The molecule has 26 heavy (non-hydrogen) atoms. The molecule has 1 N–H and O–H groups in total. The van der Waals surface area contributed by atoms with Crippen molar-refractivity contribution in [3.05, 3.63) is 65.2 Å². The summed E-state index contributed by atoms with van der Waals surface area (Å²) in [6.45, 7) is 3.46. The molecule has 1 amide bonds. The van der Waals surface area contributed by atoms with E-state index in [0.29, 0.717) is 12.1 Å². The van der Waals surface area contributed by atoms with Crippen molar-refractivity contribution in [3.8, 4) is 0 Å². The number of amides is 1. The number of para-hydroxylation sites is 1. The van der Waals surface area contributed by atoms with Gasteiger partial charge in [0.05, 0.1) is 23.7 Å². The second-order valence-corrected chi connectivity index (χ2v) is 8.16. The van der Waals surface area contributed by atoms with Gasteiger partial charge in [0.1, 0.15) is 0 Å². The third kappa shape index (κ3) is 3.77. The van der Waals surface area contributed by atoms with Gasteiger partial charge in [-0.15, -0.1) is 0 Å². The molecule has 1 aliphatic heterocycles. The standard InChI is InChI=1S/C19H21N3O3S/c1-13-8-4-5-9-15(13)18-12-19(22(20-18)14(2)23)16-10-6-7-11-17(16)21-26(3,24)25/h4-11,19,21H,12H2,1-3H3/t19-/m0/s1. The Labute approximate surface area is 153 Å². The summed E-state index contributed by atoms with van der Waals surface area (Å²) in [7, 11) is -3.43. The summed E-state index contributed by atoms with van der Waals surface area (Å²) >= 11 is 0. The molecule has 1 atom stereocenters. The van der Waals surface area contributed by atoms with Crippen molar-refractivity contribution >= 4 is 27.3 Å². The molecule has 7 heteroatoms. The molecule has 0 saturated heterocycles. The number of hydrogen-bond acceptors (Lipinski definition) is 4. The van der Waals surface area contributed by atoms with Crippen LogP contribution in [0.15, 0.2) is 53.6 Å². The maximum atomic E-state index is 12.2. The molecular formula is C19H21N3O3S. The van der Waals surface area contributed by atoms with Crippen LogP contribution in [0, 0.1) is 6.92 Å². The molecule has 0 spiro atoms. The van der Waals surface area contributed by atoms with E-state index in [1.165, 1.54) is 11.9 Å². The molecule has 0 fully saturated rings. The number of hydrazone groups is 1. The van der Waals surface area contributed by atoms with Gasteiger partial charge in [0.2, 0.25) is 15.9 Å². The normalized spacial score (nSPS) is 17.1. The van der Waals surface area contributed by atoms with Crippen LogP contribution in [0.5, 0.6) is 0 Å². The number of benzene rings is 2. The summed E-state index contributed by atoms with van der Waals surface area (Å²) < 4.78 is 25.9. The van der Waals surface area contributed by atoms with Crippen LogP contribution in [0.25, 0.3) is 0 Å². The van der Waals surface area contributed by atoms with Gasteiger partial charge in [-0.1, -0.05) is 42.5 Å². The summed E-state index contributed by atoms with van der Waals surface area (Å²) in [5.74, 6) is -0.187. The molecule has 1 aliphatic rings. The van der Waals surface area contributed by atoms with Crippen molar-refractivity contribution in [1.82, 2.24) is 5.01 Å². The van der Waals surface area contributed by atoms with Gasteiger partial charge in [0.15, 0.2) is 0 Å². The summed E-state index contributed by atoms with van der Waals surface area (Å²) in [6.07, 6.45) is 1.63. The van der Waals surface area contributed by atoms with Crippen molar-refractivity contribution in [1.29, 1.82) is 0 Å². The smallest absolute Gasteiger partial charge is 0.240 e. The van der Waals surface area contributed by atoms with Gasteiger partial charge in [-0.25, -0.2) is 13.4 Å². The molecule has 2 aromatic rings. The number of hydrogen-bond donors (Lipinski definition) is 1. The maximum absolute atomic E-state index is 12.2. The van der Waals surface area contributed by atoms with E-state index in [2.05, 4.69) is 9.82 Å². The molecular weight excluding hydrogens is 350 g/mol. The molecule has 0 radical (unpaired) electrons. The number of sulfonamides is 1. The first kappa shape index (κ1) is 18.1. The predicted octanol–water partition coefficient (Wildman–Crippen LogP) is 3.06. The Morgan fingerprint density at radius 3 is 2.46 bits per heavy atom. The number of anilines is 1. The van der Waals surface area contributed by atoms with Crippen LogP contribution >= 0.6 is 0 Å². The Morgan fingerprint density at radius 1 is 1.15 bits per heavy atom. The van der Waals surface area contributed by atoms with E-state index in [0.717, 1.165) is 28.7 Å². The monoisotopic (exact) mass is 371 g/mol. The highest BCUT2D eigenvalue weighted by atomic mass is 32.2. The molecule has 0 bridgehead atoms. The second kappa shape index (κ2) is 6.92. The lowest BCUT2D eigenvalue weighted by Crippen LogP contribution is -2.25. The van der Waals surface area contributed by atoms with Gasteiger partial charge in [-0.3, -0.25) is 9.52 Å². The molecule has 1 heterocycles. The van der Waals surface area contributed by atoms with E-state index in [-0.39, 0.29) is 11.9 Å². The second-order valence-electron chi connectivity index (χ2n) is 6.41. The summed E-state index contributed by atoms with van der Waals surface area (Å²) in [5, 5.41) is 5.97. The van der Waals surface area contributed by atoms with Gasteiger partial charge in [0, 0.05) is 24.5 Å². The fourth-order valence-electron chi connectivity index (χ4n) is 3.18. The highest BCUT2D eigenvalue weighted by Crippen LogP contribution is 2.37. The van der Waals surface area contributed by atoms with E-state index < -0.39 is 10.0 Å². The van der Waals surface area contributed by atoms with Crippen LogP contribution in [-0.4, -0.2) is 31.3 Å². The van der Waals surface area contributed by atoms with Crippen LogP contribution in [0.1, 0.15) is 36.1 Å². The molecule has 2 aromatic carbocycles. The molecule has 0 aliphatic carbocycles. The fourth-order valence-corrected chi connectivity index (χ4v) is 3.77. The molecule has 0 saturated carbocycles. The quantitative estimate of drug-likeness (QED) is 0.897. The summed E-state index contributed by atoms with van der Waals surface area (Å²) in [6, 6.07) is 14.6. The fraction of sp³-hybridized carbons (Fsp3) is 0.263. The highest BCUT2D eigenvalue weighted by molar-refractivity contribution is 7.92. The Hall–Kier alpha value is -2.67. The largest absolute Gasteiger partial charge is 0.283 e. The van der Waals surface area contributed by atoms with Crippen molar-refractivity contribution in [3.63, 3.8) is 0 Å². The van der Waals surface area contributed by atoms with E-state index in [1.54, 1.807) is 12.1 Å². The van der Waals surface area contributed by atoms with Gasteiger partial charge < -0.3 is 0 Å². The number of carbonyl (C=O) groups excluding carboxylic acids is 1. The summed E-state index contributed by atoms with van der Waals surface area (Å²) in [5.41, 5.74) is 4.08. The molecule has 3 rings (SSSR count). The molecule has 136 valence electrons. The zero-order valence-corrected chi connectivity index (χ0v) is 15.7. The first-order valence-electron chi connectivity index (χ1n) is 8.26. The SMILES string of the molecule is CC(=O)N1N=C(c2ccccc2C)C[C@H]1c1ccccc1NS(C)(=O)=O. The van der Waals surface area contributed by atoms with E-state index >= 15 is 0 Å². The number of rotatable bonds is 4. The first-order valence-corrected chi connectivity index (χ1v) is 10.2. The summed E-state index contributed by atoms with van der Waals surface area (Å²) in [4.78, 5) is 12.2. The lowest BCUT2D eigenvalue weighted by Gasteiger charge is -2.23. The van der Waals surface area contributed by atoms with Crippen molar-refractivity contribution in [2.24, 2.45) is 5.10 Å². The average Bonchev–Trinajstić information content (AvgIpc) is 2.99. The first-order chi connectivity index (χ1) is 12.3. The van der Waals surface area contributed by atoms with Gasteiger partial charge in [-0.05, 0) is 18.6 Å². The van der Waals surface area contributed by atoms with Crippen LogP contribution in [-0.2, 0) is 14.8 Å². The predicted molar refractivity (Wildman–Crippen MR) is 103 cm³/mol. The molecule has 6 nitrogen and oxygen atoms in total. The number of aryl methyl sites for hydroxylation is 1. The maximum Gasteiger partial charge on any atom is 0.240 e. The molecule has 0 aromatic heterocycles. The van der Waals surface area contributed by atoms with Gasteiger partial charge in [0.25, 0.3) is 0 Å². The van der Waals surface area contributed by atoms with Crippen LogP contribution in [0.4, 0.5) is 5.69 Å². The van der Waals surface area contributed by atoms with Gasteiger partial charge in [-0.2, -0.15) is 5.10 Å². The minimum absolute atomic E-state index is 0.187. The van der Waals surface area contributed by atoms with Gasteiger partial charge >= 0.3 is 0 Å². The third-order valence-corrected chi connectivity index (χ3v) is 4.89. The average molecular weight is 371 g/mol. The lowest BCUT2D eigenvalue weighted by molar-refractivity contribution is -0.130. The minimum Gasteiger partial charge on any atom is -0.283 e. The number of nitrogens with zero attached hydrogens (tertiary/aromatic N) is 2. The Balaban J connectivity index is 2.02. The highest BCUT2D eigenvalue weighted by Gasteiger charge is 2.33. The van der Waals surface area contributed by atoms with E-state index in [9.17, 15) is 13.2 Å². The van der Waals surface area contributed by atoms with Crippen molar-refractivity contribution < 1.29 is 13.2 Å². The lowest BCUT2D eigenvalue weighted by atomic mass is 9.95. The van der Waals surface area contributed by atoms with Crippen LogP contribution < -0.4 is 4.72 Å². The van der Waals surface area contributed by atoms with Crippen LogP contribution in [0.3, 0.4) is 0 Å². The number of nitrogens with one attached hydrogen (secondary N) is 1. The third-order valence-electron chi connectivity index (χ3n) is 4.30. The zero-order valence-electron chi connectivity index (χ0n) is 14.9. The zero-order chi connectivity index (χ0) is 18.9. The van der Waals surface area contributed by atoms with E-state index in [4.69, 9.17) is 0 Å².